The number of nitrogens with zero attached hydrogens (tertiary/aromatic N) is 2. The molecule has 0 unspecified atom stereocenters. The lowest BCUT2D eigenvalue weighted by atomic mass is 9.92. The van der Waals surface area contributed by atoms with Gasteiger partial charge in [0.2, 0.25) is 0 Å². The Morgan fingerprint density at radius 3 is 1.33 bits per heavy atom. The maximum atomic E-state index is 6.87. The second-order valence-corrected chi connectivity index (χ2v) is 15.3. The summed E-state index contributed by atoms with van der Waals surface area (Å²) >= 11 is 0. The zero-order valence-electron chi connectivity index (χ0n) is 30.8. The van der Waals surface area contributed by atoms with Crippen molar-refractivity contribution < 1.29 is 4.42 Å². The zero-order chi connectivity index (χ0) is 37.2. The van der Waals surface area contributed by atoms with Gasteiger partial charge in [-0.15, -0.1) is 0 Å². The van der Waals surface area contributed by atoms with Crippen LogP contribution in [0.25, 0.3) is 121 Å². The molecule has 0 aliphatic rings. The Kier molecular flexibility index (Phi) is 6.16. The van der Waals surface area contributed by atoms with Gasteiger partial charge in [-0.05, 0) is 111 Å². The van der Waals surface area contributed by atoms with Crippen LogP contribution in [0.5, 0.6) is 0 Å². The molecule has 0 amide bonds. The van der Waals surface area contributed by atoms with Crippen molar-refractivity contribution in [2.45, 2.75) is 0 Å². The van der Waals surface area contributed by atoms with Crippen molar-refractivity contribution in [1.82, 2.24) is 9.13 Å². The maximum Gasteiger partial charge on any atom is 0.138 e. The summed E-state index contributed by atoms with van der Waals surface area (Å²) in [5, 5.41) is 12.3. The molecule has 0 aliphatic heterocycles. The van der Waals surface area contributed by atoms with Crippen LogP contribution in [0.2, 0.25) is 0 Å². The molecule has 13 rings (SSSR count). The van der Waals surface area contributed by atoms with Crippen LogP contribution in [0.3, 0.4) is 0 Å². The molecule has 3 heterocycles. The van der Waals surface area contributed by atoms with Crippen LogP contribution < -0.4 is 0 Å². The van der Waals surface area contributed by atoms with E-state index in [4.69, 9.17) is 4.42 Å². The van der Waals surface area contributed by atoms with Gasteiger partial charge in [0, 0.05) is 44.1 Å². The van der Waals surface area contributed by atoms with Crippen molar-refractivity contribution >= 4 is 87.1 Å². The van der Waals surface area contributed by atoms with Gasteiger partial charge in [-0.1, -0.05) is 121 Å². The molecule has 0 fully saturated rings. The Hall–Kier alpha value is -7.62. The monoisotopic (exact) mass is 724 g/mol. The third kappa shape index (κ3) is 4.31. The smallest absolute Gasteiger partial charge is 0.138 e. The van der Waals surface area contributed by atoms with E-state index in [1.807, 2.05) is 0 Å². The van der Waals surface area contributed by atoms with Gasteiger partial charge in [0.15, 0.2) is 0 Å². The van der Waals surface area contributed by atoms with Crippen molar-refractivity contribution in [2.24, 2.45) is 0 Å². The van der Waals surface area contributed by atoms with Crippen LogP contribution in [0.15, 0.2) is 199 Å². The summed E-state index contributed by atoms with van der Waals surface area (Å²) in [6, 6.07) is 70.7. The number of furan rings is 1. The minimum Gasteiger partial charge on any atom is -0.456 e. The highest BCUT2D eigenvalue weighted by Crippen LogP contribution is 2.46. The Labute approximate surface area is 327 Å². The van der Waals surface area contributed by atoms with Gasteiger partial charge in [-0.3, -0.25) is 0 Å². The van der Waals surface area contributed by atoms with Crippen LogP contribution in [0, 0.1) is 0 Å². The molecular weight excluding hydrogens is 693 g/mol. The van der Waals surface area contributed by atoms with Gasteiger partial charge in [-0.2, -0.15) is 0 Å². The lowest BCUT2D eigenvalue weighted by Gasteiger charge is -2.13. The third-order valence-electron chi connectivity index (χ3n) is 12.2. The Morgan fingerprint density at radius 1 is 0.263 bits per heavy atom. The van der Waals surface area contributed by atoms with E-state index < -0.39 is 0 Å². The van der Waals surface area contributed by atoms with Crippen molar-refractivity contribution in [3.63, 3.8) is 0 Å². The molecule has 3 aromatic heterocycles. The van der Waals surface area contributed by atoms with Crippen molar-refractivity contribution in [1.29, 1.82) is 0 Å². The number of para-hydroxylation sites is 3. The Morgan fingerprint density at radius 2 is 0.719 bits per heavy atom. The van der Waals surface area contributed by atoms with Crippen molar-refractivity contribution in [3.8, 4) is 33.6 Å². The minimum absolute atomic E-state index is 0.906. The lowest BCUT2D eigenvalue weighted by molar-refractivity contribution is 0.669. The van der Waals surface area contributed by atoms with Crippen LogP contribution in [0.4, 0.5) is 0 Å². The predicted molar refractivity (Wildman–Crippen MR) is 239 cm³/mol. The molecule has 0 bridgehead atoms. The predicted octanol–water partition coefficient (Wildman–Crippen LogP) is 14.9. The minimum atomic E-state index is 0.906. The van der Waals surface area contributed by atoms with E-state index in [-0.39, 0.29) is 0 Å². The number of fused-ring (bicyclic) bond motifs is 9. The molecule has 0 saturated heterocycles. The largest absolute Gasteiger partial charge is 0.456 e. The average molecular weight is 725 g/mol. The standard InChI is InChI=1S/C54H32N2O/c1-3-13-33(14-4-1)36-29-45-39-17-7-8-18-40(39)46-31-38(32-52-54(46)53(45)51(30-36)57-52)56-48-22-12-10-20-42(48)44-28-35(24-26-50(44)56)34-23-25-49-43(27-34)41-19-9-11-21-47(41)55(49)37-15-5-2-6-16-37/h1-32H. The molecule has 3 nitrogen and oxygen atoms in total. The number of aromatic nitrogens is 2. The van der Waals surface area contributed by atoms with E-state index in [1.165, 1.54) is 98.3 Å². The van der Waals surface area contributed by atoms with Gasteiger partial charge >= 0.3 is 0 Å². The molecule has 0 atom stereocenters. The van der Waals surface area contributed by atoms with E-state index in [0.717, 1.165) is 22.4 Å². The van der Waals surface area contributed by atoms with E-state index in [9.17, 15) is 0 Å². The summed E-state index contributed by atoms with van der Waals surface area (Å²) in [6.45, 7) is 0. The number of benzene rings is 10. The van der Waals surface area contributed by atoms with Crippen molar-refractivity contribution in [3.05, 3.63) is 194 Å². The third-order valence-corrected chi connectivity index (χ3v) is 12.2. The highest BCUT2D eigenvalue weighted by Gasteiger charge is 2.22. The normalized spacial score (nSPS) is 12.2. The molecule has 264 valence electrons. The maximum absolute atomic E-state index is 6.87. The molecule has 0 aliphatic carbocycles. The first-order valence-electron chi connectivity index (χ1n) is 19.6. The number of hydrogen-bond donors (Lipinski definition) is 0. The Balaban J connectivity index is 1.03. The van der Waals surface area contributed by atoms with Gasteiger partial charge in [0.25, 0.3) is 0 Å². The van der Waals surface area contributed by atoms with E-state index >= 15 is 0 Å². The molecule has 57 heavy (non-hydrogen) atoms. The molecule has 0 radical (unpaired) electrons. The first kappa shape index (κ1) is 30.7. The summed E-state index contributed by atoms with van der Waals surface area (Å²) in [5.41, 5.74) is 13.6. The molecule has 13 aromatic rings. The molecular formula is C54H32N2O. The summed E-state index contributed by atoms with van der Waals surface area (Å²) in [7, 11) is 0. The number of rotatable bonds is 4. The molecule has 0 spiro atoms. The fraction of sp³-hybridized carbons (Fsp3) is 0. The first-order chi connectivity index (χ1) is 28.3. The second-order valence-electron chi connectivity index (χ2n) is 15.3. The molecule has 10 aromatic carbocycles. The average Bonchev–Trinajstić information content (AvgIpc) is 3.93. The number of hydrogen-bond acceptors (Lipinski definition) is 1. The van der Waals surface area contributed by atoms with E-state index in [1.54, 1.807) is 0 Å². The van der Waals surface area contributed by atoms with Crippen LogP contribution in [-0.4, -0.2) is 9.13 Å². The van der Waals surface area contributed by atoms with Crippen LogP contribution in [0.1, 0.15) is 0 Å². The molecule has 0 N–H and O–H groups in total. The molecule has 3 heteroatoms. The fourth-order valence-electron chi connectivity index (χ4n) is 9.75. The lowest BCUT2D eigenvalue weighted by Crippen LogP contribution is -1.94. The summed E-state index contributed by atoms with van der Waals surface area (Å²) in [6.07, 6.45) is 0. The van der Waals surface area contributed by atoms with Crippen molar-refractivity contribution in [2.75, 3.05) is 0 Å². The highest BCUT2D eigenvalue weighted by molar-refractivity contribution is 6.34. The van der Waals surface area contributed by atoms with Gasteiger partial charge in [-0.25, -0.2) is 0 Å². The van der Waals surface area contributed by atoms with Gasteiger partial charge in [0.05, 0.1) is 27.8 Å². The SMILES string of the molecule is c1ccc(-c2cc3oc4cc(-n5c6ccccc6c6cc(-c7ccc8c(c7)c7ccccc7n8-c7ccccc7)ccc65)cc5c6ccccc6c(c2)c3c45)cc1. The quantitative estimate of drug-likeness (QED) is 0.166. The van der Waals surface area contributed by atoms with Crippen LogP contribution >= 0.6 is 0 Å². The Bertz CT molecular complexity index is 3730. The van der Waals surface area contributed by atoms with Gasteiger partial charge in [0.1, 0.15) is 11.2 Å². The topological polar surface area (TPSA) is 23.0 Å². The highest BCUT2D eigenvalue weighted by atomic mass is 16.3. The van der Waals surface area contributed by atoms with E-state index in [2.05, 4.69) is 203 Å². The van der Waals surface area contributed by atoms with Crippen LogP contribution in [-0.2, 0) is 0 Å². The van der Waals surface area contributed by atoms with Gasteiger partial charge < -0.3 is 13.6 Å². The summed E-state index contributed by atoms with van der Waals surface area (Å²) in [5.74, 6) is 0. The second kappa shape index (κ2) is 11.5. The molecule has 0 saturated carbocycles. The summed E-state index contributed by atoms with van der Waals surface area (Å²) in [4.78, 5) is 0. The fourth-order valence-corrected chi connectivity index (χ4v) is 9.75. The zero-order valence-corrected chi connectivity index (χ0v) is 30.8. The first-order valence-corrected chi connectivity index (χ1v) is 19.6. The summed E-state index contributed by atoms with van der Waals surface area (Å²) < 4.78 is 11.7. The van der Waals surface area contributed by atoms with E-state index in [0.29, 0.717) is 0 Å².